The molecule has 1 aliphatic rings. The summed E-state index contributed by atoms with van der Waals surface area (Å²) in [5, 5.41) is 5.64. The van der Waals surface area contributed by atoms with Gasteiger partial charge in [0.25, 0.3) is 5.91 Å². The van der Waals surface area contributed by atoms with Crippen molar-refractivity contribution in [3.8, 4) is 0 Å². The molecule has 7 heteroatoms. The van der Waals surface area contributed by atoms with Crippen LogP contribution in [0.1, 0.15) is 27.9 Å². The van der Waals surface area contributed by atoms with Crippen molar-refractivity contribution in [1.29, 1.82) is 0 Å². The van der Waals surface area contributed by atoms with Gasteiger partial charge < -0.3 is 15.5 Å². The smallest absolute Gasteiger partial charge is 0.255 e. The molecule has 1 aliphatic heterocycles. The van der Waals surface area contributed by atoms with Crippen LogP contribution < -0.4 is 15.5 Å². The van der Waals surface area contributed by atoms with Crippen LogP contribution in [0.4, 0.5) is 21.5 Å². The van der Waals surface area contributed by atoms with E-state index in [1.54, 1.807) is 31.2 Å². The number of rotatable bonds is 5. The summed E-state index contributed by atoms with van der Waals surface area (Å²) in [4.78, 5) is 39.6. The predicted molar refractivity (Wildman–Crippen MR) is 126 cm³/mol. The number of carbonyl (C=O) groups is 3. The minimum atomic E-state index is -0.549. The van der Waals surface area contributed by atoms with Gasteiger partial charge in [-0.25, -0.2) is 4.39 Å². The van der Waals surface area contributed by atoms with E-state index in [2.05, 4.69) is 10.6 Å². The minimum absolute atomic E-state index is 0.0613. The van der Waals surface area contributed by atoms with Crippen molar-refractivity contribution in [2.45, 2.75) is 20.3 Å². The standard InChI is InChI=1S/C26H24FN3O3/c1-16-5-3-7-21(11-16)28-25(32)18-6-4-8-22(13-18)30-15-19(14-24(30)31)26(33)29-23-10-9-20(27)12-17(23)2/h3-13,19H,14-15H2,1-2H3,(H,28,32)(H,29,33)/t19-/m1/s1. The molecule has 3 amide bonds. The molecule has 1 fully saturated rings. The molecule has 0 unspecified atom stereocenters. The molecular weight excluding hydrogens is 421 g/mol. The second kappa shape index (κ2) is 9.24. The average molecular weight is 445 g/mol. The molecule has 168 valence electrons. The van der Waals surface area contributed by atoms with Crippen LogP contribution in [0.25, 0.3) is 0 Å². The molecule has 0 aromatic heterocycles. The van der Waals surface area contributed by atoms with Gasteiger partial charge in [0.2, 0.25) is 11.8 Å². The summed E-state index contributed by atoms with van der Waals surface area (Å²) < 4.78 is 13.3. The van der Waals surface area contributed by atoms with Crippen molar-refractivity contribution in [3.05, 3.63) is 89.2 Å². The molecule has 0 spiro atoms. The summed E-state index contributed by atoms with van der Waals surface area (Å²) in [6.45, 7) is 3.85. The Hall–Kier alpha value is -4.00. The molecule has 0 saturated carbocycles. The number of aryl methyl sites for hydroxylation is 2. The van der Waals surface area contributed by atoms with Crippen LogP contribution >= 0.6 is 0 Å². The van der Waals surface area contributed by atoms with Gasteiger partial charge in [0.15, 0.2) is 0 Å². The molecule has 0 radical (unpaired) electrons. The third-order valence-electron chi connectivity index (χ3n) is 5.64. The third-order valence-corrected chi connectivity index (χ3v) is 5.64. The lowest BCUT2D eigenvalue weighted by Gasteiger charge is -2.18. The molecule has 0 bridgehead atoms. The topological polar surface area (TPSA) is 78.5 Å². The first-order valence-corrected chi connectivity index (χ1v) is 10.7. The van der Waals surface area contributed by atoms with E-state index < -0.39 is 5.92 Å². The lowest BCUT2D eigenvalue weighted by molar-refractivity contribution is -0.122. The fourth-order valence-electron chi connectivity index (χ4n) is 3.88. The van der Waals surface area contributed by atoms with Gasteiger partial charge in [-0.15, -0.1) is 0 Å². The van der Waals surface area contributed by atoms with E-state index in [4.69, 9.17) is 0 Å². The molecule has 1 atom stereocenters. The molecule has 0 aliphatic carbocycles. The molecule has 1 heterocycles. The maximum Gasteiger partial charge on any atom is 0.255 e. The highest BCUT2D eigenvalue weighted by molar-refractivity contribution is 6.07. The van der Waals surface area contributed by atoms with Crippen LogP contribution in [0.2, 0.25) is 0 Å². The molecule has 1 saturated heterocycles. The summed E-state index contributed by atoms with van der Waals surface area (Å²) in [6, 6.07) is 18.4. The highest BCUT2D eigenvalue weighted by Gasteiger charge is 2.35. The first-order valence-electron chi connectivity index (χ1n) is 10.7. The SMILES string of the molecule is Cc1cccc(NC(=O)c2cccc(N3C[C@H](C(=O)Nc4ccc(F)cc4C)CC3=O)c2)c1. The molecule has 33 heavy (non-hydrogen) atoms. The Morgan fingerprint density at radius 2 is 1.76 bits per heavy atom. The maximum absolute atomic E-state index is 13.3. The second-order valence-electron chi connectivity index (χ2n) is 8.23. The Bertz CT molecular complexity index is 1240. The maximum atomic E-state index is 13.3. The van der Waals surface area contributed by atoms with Crippen LogP contribution in [0.15, 0.2) is 66.7 Å². The van der Waals surface area contributed by atoms with Crippen LogP contribution in [-0.2, 0) is 9.59 Å². The molecule has 6 nitrogen and oxygen atoms in total. The molecule has 2 N–H and O–H groups in total. The Morgan fingerprint density at radius 1 is 0.970 bits per heavy atom. The van der Waals surface area contributed by atoms with E-state index in [-0.39, 0.29) is 36.5 Å². The number of benzene rings is 3. The Morgan fingerprint density at radius 3 is 2.52 bits per heavy atom. The lowest BCUT2D eigenvalue weighted by atomic mass is 10.1. The quantitative estimate of drug-likeness (QED) is 0.598. The summed E-state index contributed by atoms with van der Waals surface area (Å²) in [7, 11) is 0. The zero-order chi connectivity index (χ0) is 23.5. The van der Waals surface area contributed by atoms with E-state index in [9.17, 15) is 18.8 Å². The van der Waals surface area contributed by atoms with E-state index in [1.807, 2.05) is 31.2 Å². The van der Waals surface area contributed by atoms with Gasteiger partial charge in [0.05, 0.1) is 5.92 Å². The zero-order valence-corrected chi connectivity index (χ0v) is 18.4. The van der Waals surface area contributed by atoms with Crippen LogP contribution in [-0.4, -0.2) is 24.3 Å². The van der Waals surface area contributed by atoms with Gasteiger partial charge in [-0.05, 0) is 73.5 Å². The Kier molecular flexibility index (Phi) is 6.22. The van der Waals surface area contributed by atoms with Crippen molar-refractivity contribution >= 4 is 34.8 Å². The van der Waals surface area contributed by atoms with Crippen molar-refractivity contribution in [1.82, 2.24) is 0 Å². The van der Waals surface area contributed by atoms with Gasteiger partial charge in [-0.1, -0.05) is 18.2 Å². The number of hydrogen-bond acceptors (Lipinski definition) is 3. The second-order valence-corrected chi connectivity index (χ2v) is 8.23. The molecule has 3 aromatic rings. The molecular formula is C26H24FN3O3. The van der Waals surface area contributed by atoms with E-state index in [1.165, 1.54) is 23.1 Å². The van der Waals surface area contributed by atoms with Crippen molar-refractivity contribution in [2.24, 2.45) is 5.92 Å². The van der Waals surface area contributed by atoms with Gasteiger partial charge >= 0.3 is 0 Å². The molecule has 4 rings (SSSR count). The Balaban J connectivity index is 1.45. The van der Waals surface area contributed by atoms with E-state index in [0.717, 1.165) is 5.56 Å². The third kappa shape index (κ3) is 5.09. The first-order chi connectivity index (χ1) is 15.8. The lowest BCUT2D eigenvalue weighted by Crippen LogP contribution is -2.28. The monoisotopic (exact) mass is 445 g/mol. The number of halogens is 1. The van der Waals surface area contributed by atoms with Gasteiger partial charge in [-0.3, -0.25) is 14.4 Å². The largest absolute Gasteiger partial charge is 0.326 e. The number of carbonyl (C=O) groups excluding carboxylic acids is 3. The van der Waals surface area contributed by atoms with Crippen molar-refractivity contribution < 1.29 is 18.8 Å². The van der Waals surface area contributed by atoms with Crippen LogP contribution in [0, 0.1) is 25.6 Å². The number of anilines is 3. The summed E-state index contributed by atoms with van der Waals surface area (Å²) >= 11 is 0. The fraction of sp³-hybridized carbons (Fsp3) is 0.192. The van der Waals surface area contributed by atoms with Gasteiger partial charge in [0, 0.05) is 35.6 Å². The number of hydrogen-bond donors (Lipinski definition) is 2. The van der Waals surface area contributed by atoms with E-state index in [0.29, 0.717) is 28.2 Å². The average Bonchev–Trinajstić information content (AvgIpc) is 3.17. The first kappa shape index (κ1) is 22.2. The highest BCUT2D eigenvalue weighted by Crippen LogP contribution is 2.27. The van der Waals surface area contributed by atoms with Crippen molar-refractivity contribution in [3.63, 3.8) is 0 Å². The van der Waals surface area contributed by atoms with Crippen LogP contribution in [0.5, 0.6) is 0 Å². The number of nitrogens with one attached hydrogen (secondary N) is 2. The zero-order valence-electron chi connectivity index (χ0n) is 18.4. The van der Waals surface area contributed by atoms with Crippen molar-refractivity contribution in [2.75, 3.05) is 22.1 Å². The van der Waals surface area contributed by atoms with Gasteiger partial charge in [0.1, 0.15) is 5.82 Å². The van der Waals surface area contributed by atoms with Crippen LogP contribution in [0.3, 0.4) is 0 Å². The minimum Gasteiger partial charge on any atom is -0.326 e. The number of amides is 3. The summed E-state index contributed by atoms with van der Waals surface area (Å²) in [5.41, 5.74) is 3.82. The predicted octanol–water partition coefficient (Wildman–Crippen LogP) is 4.69. The fourth-order valence-corrected chi connectivity index (χ4v) is 3.88. The summed E-state index contributed by atoms with van der Waals surface area (Å²) in [5.74, 6) is -1.70. The molecule has 3 aromatic carbocycles. The normalized spacial score (nSPS) is 15.4. The Labute approximate surface area is 191 Å². The van der Waals surface area contributed by atoms with E-state index >= 15 is 0 Å². The summed E-state index contributed by atoms with van der Waals surface area (Å²) in [6.07, 6.45) is 0.0613. The highest BCUT2D eigenvalue weighted by atomic mass is 19.1. The number of nitrogens with zero attached hydrogens (tertiary/aromatic N) is 1. The van der Waals surface area contributed by atoms with Gasteiger partial charge in [-0.2, -0.15) is 0 Å².